The number of benzene rings is 1. The Balaban J connectivity index is 2.09. The molecule has 0 aliphatic rings. The van der Waals surface area contributed by atoms with Gasteiger partial charge in [0.25, 0.3) is 0 Å². The van der Waals surface area contributed by atoms with E-state index in [0.717, 1.165) is 11.3 Å². The zero-order chi connectivity index (χ0) is 14.0. The standard InChI is InChI=1S/C14H17Cl2N3/c1-14(2,3)19-9-10(8-18-19)7-17-13-11(15)5-4-6-12(13)16/h4-6,8-9,17H,7H2,1-3H3. The van der Waals surface area contributed by atoms with Gasteiger partial charge in [0.15, 0.2) is 0 Å². The summed E-state index contributed by atoms with van der Waals surface area (Å²) in [7, 11) is 0. The van der Waals surface area contributed by atoms with Crippen molar-refractivity contribution in [2.45, 2.75) is 32.9 Å². The zero-order valence-corrected chi connectivity index (χ0v) is 12.8. The molecule has 0 fully saturated rings. The van der Waals surface area contributed by atoms with Crippen LogP contribution in [0.5, 0.6) is 0 Å². The summed E-state index contributed by atoms with van der Waals surface area (Å²) in [5.41, 5.74) is 1.83. The van der Waals surface area contributed by atoms with Crippen LogP contribution in [0.3, 0.4) is 0 Å². The number of aromatic nitrogens is 2. The molecule has 0 saturated heterocycles. The van der Waals surface area contributed by atoms with Crippen molar-refractivity contribution in [1.29, 1.82) is 0 Å². The number of nitrogens with one attached hydrogen (secondary N) is 1. The monoisotopic (exact) mass is 297 g/mol. The van der Waals surface area contributed by atoms with Crippen LogP contribution >= 0.6 is 23.2 Å². The smallest absolute Gasteiger partial charge is 0.0721 e. The average Bonchev–Trinajstić information content (AvgIpc) is 2.77. The van der Waals surface area contributed by atoms with Crippen molar-refractivity contribution >= 4 is 28.9 Å². The van der Waals surface area contributed by atoms with Gasteiger partial charge in [-0.3, -0.25) is 4.68 Å². The van der Waals surface area contributed by atoms with Crippen molar-refractivity contribution in [2.24, 2.45) is 0 Å². The van der Waals surface area contributed by atoms with Crippen LogP contribution in [-0.4, -0.2) is 9.78 Å². The lowest BCUT2D eigenvalue weighted by Gasteiger charge is -2.18. The molecule has 0 unspecified atom stereocenters. The second kappa shape index (κ2) is 5.43. The quantitative estimate of drug-likeness (QED) is 0.900. The Morgan fingerprint density at radius 2 is 1.84 bits per heavy atom. The first-order chi connectivity index (χ1) is 8.88. The summed E-state index contributed by atoms with van der Waals surface area (Å²) in [6.45, 7) is 6.98. The number of nitrogens with zero attached hydrogens (tertiary/aromatic N) is 2. The second-order valence-corrected chi connectivity index (χ2v) is 6.23. The van der Waals surface area contributed by atoms with Gasteiger partial charge in [-0.2, -0.15) is 5.10 Å². The molecular formula is C14H17Cl2N3. The van der Waals surface area contributed by atoms with Gasteiger partial charge in [0.05, 0.1) is 27.5 Å². The first-order valence-corrected chi connectivity index (χ1v) is 6.85. The molecule has 1 heterocycles. The van der Waals surface area contributed by atoms with E-state index in [4.69, 9.17) is 23.2 Å². The Hall–Kier alpha value is -1.19. The molecule has 2 rings (SSSR count). The van der Waals surface area contributed by atoms with Crippen molar-refractivity contribution in [3.63, 3.8) is 0 Å². The summed E-state index contributed by atoms with van der Waals surface area (Å²) >= 11 is 12.2. The highest BCUT2D eigenvalue weighted by atomic mass is 35.5. The average molecular weight is 298 g/mol. The molecule has 3 nitrogen and oxygen atoms in total. The van der Waals surface area contributed by atoms with Crippen LogP contribution in [0, 0.1) is 0 Å². The third-order valence-electron chi connectivity index (χ3n) is 2.76. The topological polar surface area (TPSA) is 29.9 Å². The minimum absolute atomic E-state index is 0.0136. The predicted molar refractivity (Wildman–Crippen MR) is 81.0 cm³/mol. The number of rotatable bonds is 3. The van der Waals surface area contributed by atoms with Crippen LogP contribution < -0.4 is 5.32 Å². The Kier molecular flexibility index (Phi) is 4.07. The van der Waals surface area contributed by atoms with Crippen LogP contribution in [0.4, 0.5) is 5.69 Å². The summed E-state index contributed by atoms with van der Waals surface area (Å²) in [4.78, 5) is 0. The maximum Gasteiger partial charge on any atom is 0.0721 e. The van der Waals surface area contributed by atoms with Crippen molar-refractivity contribution < 1.29 is 0 Å². The molecule has 19 heavy (non-hydrogen) atoms. The SMILES string of the molecule is CC(C)(C)n1cc(CNc2c(Cl)cccc2Cl)cn1. The highest BCUT2D eigenvalue weighted by Gasteiger charge is 2.14. The van der Waals surface area contributed by atoms with Gasteiger partial charge in [-0.1, -0.05) is 29.3 Å². The molecule has 0 aliphatic heterocycles. The van der Waals surface area contributed by atoms with Crippen LogP contribution in [0.1, 0.15) is 26.3 Å². The maximum atomic E-state index is 6.11. The van der Waals surface area contributed by atoms with E-state index in [1.807, 2.05) is 35.3 Å². The fourth-order valence-electron chi connectivity index (χ4n) is 1.68. The van der Waals surface area contributed by atoms with Gasteiger partial charge >= 0.3 is 0 Å². The number of halogens is 2. The molecule has 0 spiro atoms. The molecule has 0 amide bonds. The van der Waals surface area contributed by atoms with Gasteiger partial charge in [0, 0.05) is 18.3 Å². The van der Waals surface area contributed by atoms with E-state index >= 15 is 0 Å². The van der Waals surface area contributed by atoms with Crippen molar-refractivity contribution in [3.8, 4) is 0 Å². The molecule has 102 valence electrons. The molecule has 0 bridgehead atoms. The fraction of sp³-hybridized carbons (Fsp3) is 0.357. The van der Waals surface area contributed by atoms with Gasteiger partial charge in [0.1, 0.15) is 0 Å². The Morgan fingerprint density at radius 1 is 1.21 bits per heavy atom. The third-order valence-corrected chi connectivity index (χ3v) is 3.39. The minimum atomic E-state index is -0.0136. The number of para-hydroxylation sites is 1. The van der Waals surface area contributed by atoms with Gasteiger partial charge in [-0.15, -0.1) is 0 Å². The molecule has 0 atom stereocenters. The summed E-state index contributed by atoms with van der Waals surface area (Å²) in [6, 6.07) is 5.45. The van der Waals surface area contributed by atoms with E-state index in [1.54, 1.807) is 0 Å². The zero-order valence-electron chi connectivity index (χ0n) is 11.2. The van der Waals surface area contributed by atoms with Crippen molar-refractivity contribution in [3.05, 3.63) is 46.2 Å². The Bertz CT molecular complexity index is 550. The summed E-state index contributed by atoms with van der Waals surface area (Å²) in [6.07, 6.45) is 3.88. The van der Waals surface area contributed by atoms with Gasteiger partial charge in [-0.05, 0) is 32.9 Å². The Labute approximate surface area is 123 Å². The van der Waals surface area contributed by atoms with E-state index in [-0.39, 0.29) is 5.54 Å². The van der Waals surface area contributed by atoms with E-state index in [9.17, 15) is 0 Å². The largest absolute Gasteiger partial charge is 0.378 e. The Morgan fingerprint density at radius 3 is 2.37 bits per heavy atom. The summed E-state index contributed by atoms with van der Waals surface area (Å²) in [5.74, 6) is 0. The van der Waals surface area contributed by atoms with Gasteiger partial charge in [-0.25, -0.2) is 0 Å². The molecule has 1 N–H and O–H groups in total. The van der Waals surface area contributed by atoms with E-state index in [1.165, 1.54) is 0 Å². The van der Waals surface area contributed by atoms with Crippen molar-refractivity contribution in [1.82, 2.24) is 9.78 Å². The first-order valence-electron chi connectivity index (χ1n) is 6.10. The maximum absolute atomic E-state index is 6.11. The highest BCUT2D eigenvalue weighted by Crippen LogP contribution is 2.30. The van der Waals surface area contributed by atoms with Crippen LogP contribution in [-0.2, 0) is 12.1 Å². The minimum Gasteiger partial charge on any atom is -0.378 e. The fourth-order valence-corrected chi connectivity index (χ4v) is 2.21. The van der Waals surface area contributed by atoms with Gasteiger partial charge in [0.2, 0.25) is 0 Å². The van der Waals surface area contributed by atoms with Crippen molar-refractivity contribution in [2.75, 3.05) is 5.32 Å². The highest BCUT2D eigenvalue weighted by molar-refractivity contribution is 6.39. The first kappa shape index (κ1) is 14.2. The number of hydrogen-bond donors (Lipinski definition) is 1. The molecule has 1 aromatic carbocycles. The predicted octanol–water partition coefficient (Wildman–Crippen LogP) is 4.56. The lowest BCUT2D eigenvalue weighted by molar-refractivity contribution is 0.355. The third kappa shape index (κ3) is 3.43. The molecule has 0 radical (unpaired) electrons. The van der Waals surface area contributed by atoms with Crippen LogP contribution in [0.15, 0.2) is 30.6 Å². The lowest BCUT2D eigenvalue weighted by Crippen LogP contribution is -2.21. The lowest BCUT2D eigenvalue weighted by atomic mass is 10.1. The van der Waals surface area contributed by atoms with Gasteiger partial charge < -0.3 is 5.32 Å². The summed E-state index contributed by atoms with van der Waals surface area (Å²) < 4.78 is 1.94. The van der Waals surface area contributed by atoms with Crippen LogP contribution in [0.25, 0.3) is 0 Å². The molecule has 0 aliphatic carbocycles. The molecule has 2 aromatic rings. The second-order valence-electron chi connectivity index (χ2n) is 5.41. The van der Waals surface area contributed by atoms with E-state index in [0.29, 0.717) is 16.6 Å². The van der Waals surface area contributed by atoms with E-state index in [2.05, 4.69) is 31.2 Å². The molecule has 1 aromatic heterocycles. The van der Waals surface area contributed by atoms with Crippen LogP contribution in [0.2, 0.25) is 10.0 Å². The molecular weight excluding hydrogens is 281 g/mol. The molecule has 0 saturated carbocycles. The number of hydrogen-bond acceptors (Lipinski definition) is 2. The number of anilines is 1. The normalized spacial score (nSPS) is 11.6. The summed E-state index contributed by atoms with van der Waals surface area (Å²) in [5, 5.41) is 8.84. The van der Waals surface area contributed by atoms with E-state index < -0.39 is 0 Å². The molecule has 5 heteroatoms.